The lowest BCUT2D eigenvalue weighted by atomic mass is 9.97. The second-order valence-electron chi connectivity index (χ2n) is 3.21. The molecule has 0 bridgehead atoms. The van der Waals surface area contributed by atoms with Gasteiger partial charge in [-0.1, -0.05) is 13.8 Å². The molecule has 2 nitrogen and oxygen atoms in total. The van der Waals surface area contributed by atoms with Crippen molar-refractivity contribution in [1.29, 1.82) is 0 Å². The van der Waals surface area contributed by atoms with E-state index >= 15 is 0 Å². The zero-order chi connectivity index (χ0) is 8.04. The zero-order valence-electron chi connectivity index (χ0n) is 6.89. The predicted molar refractivity (Wildman–Crippen MR) is 49.2 cm³/mol. The van der Waals surface area contributed by atoms with Gasteiger partial charge in [-0.15, -0.1) is 0 Å². The lowest BCUT2D eigenvalue weighted by Gasteiger charge is -2.21. The normalized spacial score (nSPS) is 12.0. The van der Waals surface area contributed by atoms with Crippen molar-refractivity contribution >= 4 is 11.8 Å². The summed E-state index contributed by atoms with van der Waals surface area (Å²) in [6.07, 6.45) is 0. The van der Waals surface area contributed by atoms with Crippen LogP contribution >= 0.6 is 11.8 Å². The summed E-state index contributed by atoms with van der Waals surface area (Å²) in [6, 6.07) is 0. The summed E-state index contributed by atoms with van der Waals surface area (Å²) in [5.74, 6) is 2.16. The first-order valence-electron chi connectivity index (χ1n) is 3.60. The fraction of sp³-hybridized carbons (Fsp3) is 1.00. The Bertz CT molecular complexity index is 83.7. The van der Waals surface area contributed by atoms with E-state index in [0.717, 1.165) is 24.6 Å². The van der Waals surface area contributed by atoms with Gasteiger partial charge in [-0.3, -0.25) is 0 Å². The third-order valence-corrected chi connectivity index (χ3v) is 2.82. The summed E-state index contributed by atoms with van der Waals surface area (Å²) in [7, 11) is 0. The van der Waals surface area contributed by atoms with Gasteiger partial charge in [0.15, 0.2) is 0 Å². The molecule has 0 rings (SSSR count). The SMILES string of the molecule is CC(C)(CN)CSCCN. The van der Waals surface area contributed by atoms with Crippen molar-refractivity contribution < 1.29 is 0 Å². The molecule has 0 spiro atoms. The lowest BCUT2D eigenvalue weighted by molar-refractivity contribution is 0.438. The van der Waals surface area contributed by atoms with Crippen LogP contribution in [0.1, 0.15) is 13.8 Å². The summed E-state index contributed by atoms with van der Waals surface area (Å²) in [4.78, 5) is 0. The van der Waals surface area contributed by atoms with Gasteiger partial charge in [0, 0.05) is 12.3 Å². The number of nitrogens with two attached hydrogens (primary N) is 2. The van der Waals surface area contributed by atoms with Crippen molar-refractivity contribution in [3.8, 4) is 0 Å². The van der Waals surface area contributed by atoms with Gasteiger partial charge in [-0.2, -0.15) is 11.8 Å². The lowest BCUT2D eigenvalue weighted by Crippen LogP contribution is -2.26. The first-order chi connectivity index (χ1) is 4.62. The van der Waals surface area contributed by atoms with Crippen molar-refractivity contribution in [2.75, 3.05) is 24.6 Å². The maximum absolute atomic E-state index is 5.54. The smallest absolute Gasteiger partial charge is 0.00560 e. The van der Waals surface area contributed by atoms with Crippen molar-refractivity contribution in [1.82, 2.24) is 0 Å². The molecule has 0 aromatic heterocycles. The van der Waals surface area contributed by atoms with Gasteiger partial charge in [-0.25, -0.2) is 0 Å². The van der Waals surface area contributed by atoms with Gasteiger partial charge in [0.25, 0.3) is 0 Å². The third-order valence-electron chi connectivity index (χ3n) is 1.31. The quantitative estimate of drug-likeness (QED) is 0.584. The summed E-state index contributed by atoms with van der Waals surface area (Å²) >= 11 is 1.88. The minimum atomic E-state index is 0.278. The standard InChI is InChI=1S/C7H18N2S/c1-7(2,5-9)6-10-4-3-8/h3-6,8-9H2,1-2H3. The molecule has 4 N–H and O–H groups in total. The summed E-state index contributed by atoms with van der Waals surface area (Å²) in [5, 5.41) is 0. The van der Waals surface area contributed by atoms with E-state index in [0.29, 0.717) is 0 Å². The van der Waals surface area contributed by atoms with Crippen LogP contribution in [0, 0.1) is 5.41 Å². The molecule has 0 saturated heterocycles. The Hall–Kier alpha value is 0.270. The number of rotatable bonds is 5. The van der Waals surface area contributed by atoms with Crippen LogP contribution in [-0.2, 0) is 0 Å². The highest BCUT2D eigenvalue weighted by Crippen LogP contribution is 2.19. The van der Waals surface area contributed by atoms with E-state index in [1.165, 1.54) is 0 Å². The molecular weight excluding hydrogens is 144 g/mol. The monoisotopic (exact) mass is 162 g/mol. The zero-order valence-corrected chi connectivity index (χ0v) is 7.71. The highest BCUT2D eigenvalue weighted by molar-refractivity contribution is 7.99. The summed E-state index contributed by atoms with van der Waals surface area (Å²) in [6.45, 7) is 5.88. The van der Waals surface area contributed by atoms with Crippen LogP contribution < -0.4 is 11.5 Å². The average molecular weight is 162 g/mol. The maximum Gasteiger partial charge on any atom is 0.00560 e. The van der Waals surface area contributed by atoms with E-state index in [1.54, 1.807) is 0 Å². The first-order valence-corrected chi connectivity index (χ1v) is 4.76. The number of hydrogen-bond donors (Lipinski definition) is 2. The van der Waals surface area contributed by atoms with E-state index < -0.39 is 0 Å². The molecule has 0 amide bonds. The molecule has 0 fully saturated rings. The molecule has 0 saturated carbocycles. The molecule has 0 aliphatic rings. The van der Waals surface area contributed by atoms with Crippen LogP contribution in [0.15, 0.2) is 0 Å². The molecule has 3 heteroatoms. The van der Waals surface area contributed by atoms with Crippen molar-refractivity contribution in [2.45, 2.75) is 13.8 Å². The van der Waals surface area contributed by atoms with Crippen LogP contribution in [-0.4, -0.2) is 24.6 Å². The van der Waals surface area contributed by atoms with Gasteiger partial charge in [0.2, 0.25) is 0 Å². The Morgan fingerprint density at radius 1 is 1.30 bits per heavy atom. The van der Waals surface area contributed by atoms with Crippen LogP contribution in [0.4, 0.5) is 0 Å². The minimum Gasteiger partial charge on any atom is -0.330 e. The molecule has 10 heavy (non-hydrogen) atoms. The Morgan fingerprint density at radius 2 is 1.90 bits per heavy atom. The molecule has 0 atom stereocenters. The molecule has 0 aromatic rings. The van der Waals surface area contributed by atoms with Gasteiger partial charge < -0.3 is 11.5 Å². The molecule has 0 aliphatic carbocycles. The minimum absolute atomic E-state index is 0.278. The van der Waals surface area contributed by atoms with Crippen LogP contribution in [0.5, 0.6) is 0 Å². The molecule has 0 unspecified atom stereocenters. The van der Waals surface area contributed by atoms with Crippen molar-refractivity contribution in [2.24, 2.45) is 16.9 Å². The first kappa shape index (κ1) is 10.3. The summed E-state index contributed by atoms with van der Waals surface area (Å²) in [5.41, 5.74) is 11.2. The van der Waals surface area contributed by atoms with Gasteiger partial charge in [0.05, 0.1) is 0 Å². The van der Waals surface area contributed by atoms with Gasteiger partial charge >= 0.3 is 0 Å². The van der Waals surface area contributed by atoms with Crippen molar-refractivity contribution in [3.05, 3.63) is 0 Å². The third kappa shape index (κ3) is 5.09. The van der Waals surface area contributed by atoms with E-state index in [-0.39, 0.29) is 5.41 Å². The Balaban J connectivity index is 3.28. The number of thioether (sulfide) groups is 1. The molecular formula is C7H18N2S. The average Bonchev–Trinajstić information content (AvgIpc) is 1.89. The van der Waals surface area contributed by atoms with Crippen molar-refractivity contribution in [3.63, 3.8) is 0 Å². The Kier molecular flexibility index (Phi) is 5.13. The Morgan fingerprint density at radius 3 is 2.30 bits per heavy atom. The van der Waals surface area contributed by atoms with Gasteiger partial charge in [0.1, 0.15) is 0 Å². The van der Waals surface area contributed by atoms with E-state index in [4.69, 9.17) is 11.5 Å². The van der Waals surface area contributed by atoms with Crippen LogP contribution in [0.25, 0.3) is 0 Å². The molecule has 0 aliphatic heterocycles. The molecule has 0 heterocycles. The molecule has 62 valence electrons. The van der Waals surface area contributed by atoms with E-state index in [1.807, 2.05) is 11.8 Å². The number of hydrogen-bond acceptors (Lipinski definition) is 3. The second kappa shape index (κ2) is 4.99. The molecule has 0 radical (unpaired) electrons. The highest BCUT2D eigenvalue weighted by Gasteiger charge is 2.14. The van der Waals surface area contributed by atoms with Crippen LogP contribution in [0.3, 0.4) is 0 Å². The second-order valence-corrected chi connectivity index (χ2v) is 4.31. The fourth-order valence-electron chi connectivity index (χ4n) is 0.491. The summed E-state index contributed by atoms with van der Waals surface area (Å²) < 4.78 is 0. The van der Waals surface area contributed by atoms with Gasteiger partial charge in [-0.05, 0) is 17.7 Å². The highest BCUT2D eigenvalue weighted by atomic mass is 32.2. The van der Waals surface area contributed by atoms with E-state index in [9.17, 15) is 0 Å². The topological polar surface area (TPSA) is 52.0 Å². The predicted octanol–water partition coefficient (Wildman–Crippen LogP) is 0.663. The largest absolute Gasteiger partial charge is 0.330 e. The maximum atomic E-state index is 5.54. The van der Waals surface area contributed by atoms with Crippen LogP contribution in [0.2, 0.25) is 0 Å². The van der Waals surface area contributed by atoms with E-state index in [2.05, 4.69) is 13.8 Å². The fourth-order valence-corrected chi connectivity index (χ4v) is 1.47. The molecule has 0 aromatic carbocycles. The Labute approximate surface area is 67.7 Å².